The highest BCUT2D eigenvalue weighted by Gasteiger charge is 2.43. The van der Waals surface area contributed by atoms with Gasteiger partial charge in [0.05, 0.1) is 22.9 Å². The monoisotopic (exact) mass is 294 g/mol. The van der Waals surface area contributed by atoms with Crippen LogP contribution in [0.3, 0.4) is 0 Å². The maximum absolute atomic E-state index is 6.01. The summed E-state index contributed by atoms with van der Waals surface area (Å²) in [6.45, 7) is 10.9. The lowest BCUT2D eigenvalue weighted by molar-refractivity contribution is 0.100. The summed E-state index contributed by atoms with van der Waals surface area (Å²) in [5.74, 6) is 0.551. The summed E-state index contributed by atoms with van der Waals surface area (Å²) in [6.07, 6.45) is 4.60. The van der Waals surface area contributed by atoms with Crippen LogP contribution in [0.2, 0.25) is 0 Å². The summed E-state index contributed by atoms with van der Waals surface area (Å²) in [6, 6.07) is 0. The van der Waals surface area contributed by atoms with E-state index in [1.807, 2.05) is 11.3 Å². The van der Waals surface area contributed by atoms with Crippen molar-refractivity contribution in [1.82, 2.24) is 10.3 Å². The average molecular weight is 294 g/mol. The highest BCUT2D eigenvalue weighted by atomic mass is 32.1. The van der Waals surface area contributed by atoms with Gasteiger partial charge in [0.1, 0.15) is 0 Å². The Labute approximate surface area is 126 Å². The highest BCUT2D eigenvalue weighted by Crippen LogP contribution is 2.46. The number of nitrogens with one attached hydrogen (secondary N) is 1. The van der Waals surface area contributed by atoms with E-state index in [1.165, 1.54) is 34.8 Å². The second-order valence-electron chi connectivity index (χ2n) is 7.07. The van der Waals surface area contributed by atoms with Gasteiger partial charge in [-0.15, -0.1) is 11.3 Å². The molecule has 4 heteroatoms. The van der Waals surface area contributed by atoms with Crippen molar-refractivity contribution in [2.24, 2.45) is 0 Å². The minimum absolute atomic E-state index is 0.123. The smallest absolute Gasteiger partial charge is 0.0989 e. The Morgan fingerprint density at radius 2 is 2.15 bits per heavy atom. The van der Waals surface area contributed by atoms with E-state index in [4.69, 9.17) is 9.72 Å². The second kappa shape index (κ2) is 5.39. The van der Waals surface area contributed by atoms with Gasteiger partial charge in [0.2, 0.25) is 0 Å². The maximum Gasteiger partial charge on any atom is 0.0989 e. The maximum atomic E-state index is 6.01. The van der Waals surface area contributed by atoms with E-state index >= 15 is 0 Å². The van der Waals surface area contributed by atoms with E-state index in [2.05, 4.69) is 33.0 Å². The van der Waals surface area contributed by atoms with Crippen LogP contribution in [0, 0.1) is 0 Å². The molecular weight excluding hydrogens is 268 g/mol. The van der Waals surface area contributed by atoms with Gasteiger partial charge in [0.15, 0.2) is 0 Å². The summed E-state index contributed by atoms with van der Waals surface area (Å²) in [4.78, 5) is 6.45. The van der Waals surface area contributed by atoms with E-state index in [9.17, 15) is 0 Å². The molecule has 112 valence electrons. The average Bonchev–Trinajstić information content (AvgIpc) is 3.09. The standard InChI is InChI=1S/C16H26N2OS/c1-5-17-9-13-14(16(2,3)4)18-15(20-13)11-8-10-6-7-12(11)19-10/h10-12,17H,5-9H2,1-4H3. The lowest BCUT2D eigenvalue weighted by Crippen LogP contribution is -2.19. The number of aromatic nitrogens is 1. The zero-order valence-corrected chi connectivity index (χ0v) is 13.8. The van der Waals surface area contributed by atoms with E-state index in [0.717, 1.165) is 13.1 Å². The molecule has 0 spiro atoms. The van der Waals surface area contributed by atoms with Crippen LogP contribution in [0.25, 0.3) is 0 Å². The van der Waals surface area contributed by atoms with Crippen molar-refractivity contribution in [3.05, 3.63) is 15.6 Å². The highest BCUT2D eigenvalue weighted by molar-refractivity contribution is 7.11. The molecule has 0 radical (unpaired) electrons. The molecule has 20 heavy (non-hydrogen) atoms. The normalized spacial score (nSPS) is 29.3. The SMILES string of the molecule is CCNCc1sc(C2CC3CCC2O3)nc1C(C)(C)C. The minimum Gasteiger partial charge on any atom is -0.374 e. The van der Waals surface area contributed by atoms with Gasteiger partial charge >= 0.3 is 0 Å². The molecule has 3 atom stereocenters. The van der Waals surface area contributed by atoms with Gasteiger partial charge in [-0.2, -0.15) is 0 Å². The number of rotatable bonds is 4. The van der Waals surface area contributed by atoms with E-state index < -0.39 is 0 Å². The molecule has 0 aromatic carbocycles. The molecule has 1 aromatic heterocycles. The van der Waals surface area contributed by atoms with Crippen LogP contribution >= 0.6 is 11.3 Å². The van der Waals surface area contributed by atoms with Gasteiger partial charge < -0.3 is 10.1 Å². The molecule has 3 unspecified atom stereocenters. The largest absolute Gasteiger partial charge is 0.374 e. The summed E-state index contributed by atoms with van der Waals surface area (Å²) < 4.78 is 6.01. The van der Waals surface area contributed by atoms with Gasteiger partial charge in [-0.25, -0.2) is 4.98 Å². The van der Waals surface area contributed by atoms with Crippen LogP contribution in [0.5, 0.6) is 0 Å². The molecule has 0 aliphatic carbocycles. The molecule has 0 saturated carbocycles. The molecule has 3 heterocycles. The Balaban J connectivity index is 1.86. The fourth-order valence-corrected chi connectivity index (χ4v) is 4.78. The van der Waals surface area contributed by atoms with Crippen molar-refractivity contribution in [3.8, 4) is 0 Å². The molecule has 1 aromatic rings. The first-order chi connectivity index (χ1) is 9.49. The molecule has 0 amide bonds. The molecule has 3 rings (SSSR count). The van der Waals surface area contributed by atoms with Crippen LogP contribution in [-0.2, 0) is 16.7 Å². The Morgan fingerprint density at radius 1 is 1.35 bits per heavy atom. The molecule has 2 saturated heterocycles. The van der Waals surface area contributed by atoms with Gasteiger partial charge in [0, 0.05) is 22.8 Å². The lowest BCUT2D eigenvalue weighted by Gasteiger charge is -2.18. The van der Waals surface area contributed by atoms with Crippen molar-refractivity contribution in [1.29, 1.82) is 0 Å². The zero-order valence-electron chi connectivity index (χ0n) is 13.0. The molecule has 3 nitrogen and oxygen atoms in total. The Bertz CT molecular complexity index is 477. The number of hydrogen-bond donors (Lipinski definition) is 1. The minimum atomic E-state index is 0.123. The fraction of sp³-hybridized carbons (Fsp3) is 0.812. The summed E-state index contributed by atoms with van der Waals surface area (Å²) in [7, 11) is 0. The fourth-order valence-electron chi connectivity index (χ4n) is 3.37. The Morgan fingerprint density at radius 3 is 2.70 bits per heavy atom. The second-order valence-corrected chi connectivity index (χ2v) is 8.19. The summed E-state index contributed by atoms with van der Waals surface area (Å²) in [5.41, 5.74) is 1.40. The number of thiazole rings is 1. The zero-order chi connectivity index (χ0) is 14.3. The molecule has 2 bridgehead atoms. The van der Waals surface area contributed by atoms with Gasteiger partial charge in [0.25, 0.3) is 0 Å². The molecule has 2 aliphatic heterocycles. The van der Waals surface area contributed by atoms with Crippen molar-refractivity contribution >= 4 is 11.3 Å². The number of fused-ring (bicyclic) bond motifs is 2. The molecule has 1 N–H and O–H groups in total. The predicted molar refractivity (Wildman–Crippen MR) is 83.4 cm³/mol. The van der Waals surface area contributed by atoms with Gasteiger partial charge in [-0.3, -0.25) is 0 Å². The van der Waals surface area contributed by atoms with E-state index in [1.54, 1.807) is 0 Å². The summed E-state index contributed by atoms with van der Waals surface area (Å²) in [5, 5.41) is 4.77. The number of hydrogen-bond acceptors (Lipinski definition) is 4. The predicted octanol–water partition coefficient (Wildman–Crippen LogP) is 3.59. The molecule has 2 aliphatic rings. The quantitative estimate of drug-likeness (QED) is 0.921. The Hall–Kier alpha value is -0.450. The first kappa shape index (κ1) is 14.5. The molecule has 2 fully saturated rings. The van der Waals surface area contributed by atoms with Crippen LogP contribution in [0.1, 0.15) is 68.5 Å². The van der Waals surface area contributed by atoms with Gasteiger partial charge in [-0.05, 0) is 25.8 Å². The van der Waals surface area contributed by atoms with Crippen molar-refractivity contribution in [3.63, 3.8) is 0 Å². The molecular formula is C16H26N2OS. The topological polar surface area (TPSA) is 34.1 Å². The third kappa shape index (κ3) is 2.66. The van der Waals surface area contributed by atoms with Crippen LogP contribution < -0.4 is 5.32 Å². The van der Waals surface area contributed by atoms with Crippen LogP contribution in [0.15, 0.2) is 0 Å². The van der Waals surface area contributed by atoms with Gasteiger partial charge in [-0.1, -0.05) is 27.7 Å². The third-order valence-corrected chi connectivity index (χ3v) is 5.57. The summed E-state index contributed by atoms with van der Waals surface area (Å²) >= 11 is 1.91. The lowest BCUT2D eigenvalue weighted by atomic mass is 9.89. The van der Waals surface area contributed by atoms with Crippen molar-refractivity contribution in [2.45, 2.75) is 77.0 Å². The number of nitrogens with zero attached hydrogens (tertiary/aromatic N) is 1. The Kier molecular flexibility index (Phi) is 3.91. The number of ether oxygens (including phenoxy) is 1. The van der Waals surface area contributed by atoms with E-state index in [0.29, 0.717) is 18.1 Å². The van der Waals surface area contributed by atoms with Crippen molar-refractivity contribution < 1.29 is 4.74 Å². The van der Waals surface area contributed by atoms with Crippen LogP contribution in [0.4, 0.5) is 0 Å². The third-order valence-electron chi connectivity index (χ3n) is 4.38. The van der Waals surface area contributed by atoms with E-state index in [-0.39, 0.29) is 5.41 Å². The first-order valence-electron chi connectivity index (χ1n) is 7.85. The van der Waals surface area contributed by atoms with Crippen LogP contribution in [-0.4, -0.2) is 23.7 Å². The van der Waals surface area contributed by atoms with Crippen molar-refractivity contribution in [2.75, 3.05) is 6.54 Å². The first-order valence-corrected chi connectivity index (χ1v) is 8.67.